The van der Waals surface area contributed by atoms with Gasteiger partial charge in [0.1, 0.15) is 5.69 Å². The summed E-state index contributed by atoms with van der Waals surface area (Å²) in [6, 6.07) is 3.35. The number of halogens is 7. The molecular weight excluding hydrogens is 472 g/mol. The van der Waals surface area contributed by atoms with Gasteiger partial charge < -0.3 is 5.32 Å². The predicted molar refractivity (Wildman–Crippen MR) is 98.8 cm³/mol. The summed E-state index contributed by atoms with van der Waals surface area (Å²) in [5, 5.41) is 6.74. The van der Waals surface area contributed by atoms with Crippen LogP contribution in [0.3, 0.4) is 0 Å². The first kappa shape index (κ1) is 23.1. The molecule has 32 heavy (non-hydrogen) atoms. The van der Waals surface area contributed by atoms with Crippen LogP contribution in [0.5, 0.6) is 0 Å². The topological polar surface area (TPSA) is 102 Å². The van der Waals surface area contributed by atoms with Crippen LogP contribution in [0.15, 0.2) is 40.1 Å². The number of carbonyl (C=O) groups excluding carboxylic acids is 1. The van der Waals surface area contributed by atoms with Crippen molar-refractivity contribution in [1.29, 1.82) is 0 Å². The lowest BCUT2D eigenvalue weighted by Crippen LogP contribution is -2.40. The van der Waals surface area contributed by atoms with E-state index in [0.29, 0.717) is 10.8 Å². The SMILES string of the molecule is Cn1c(C(F)(F)F)cc(=O)n(-c2ccc(Cl)c(NC(=O)c3cn[nH]c3C(F)(F)F)c2)c1=O. The zero-order valence-electron chi connectivity index (χ0n) is 15.6. The molecule has 0 aliphatic carbocycles. The molecule has 1 aromatic carbocycles. The van der Waals surface area contributed by atoms with E-state index in [-0.39, 0.29) is 27.0 Å². The van der Waals surface area contributed by atoms with Crippen LogP contribution < -0.4 is 16.6 Å². The van der Waals surface area contributed by atoms with Crippen molar-refractivity contribution < 1.29 is 31.1 Å². The summed E-state index contributed by atoms with van der Waals surface area (Å²) < 4.78 is 78.4. The van der Waals surface area contributed by atoms with Gasteiger partial charge in [-0.25, -0.2) is 9.36 Å². The first-order valence-corrected chi connectivity index (χ1v) is 8.71. The van der Waals surface area contributed by atoms with Gasteiger partial charge in [-0.05, 0) is 18.2 Å². The van der Waals surface area contributed by atoms with Crippen LogP contribution in [0.4, 0.5) is 32.0 Å². The van der Waals surface area contributed by atoms with Gasteiger partial charge in [0, 0.05) is 13.1 Å². The molecule has 2 aromatic heterocycles. The number of hydrogen-bond donors (Lipinski definition) is 2. The molecule has 0 saturated heterocycles. The van der Waals surface area contributed by atoms with Crippen molar-refractivity contribution in [3.63, 3.8) is 0 Å². The Morgan fingerprint density at radius 3 is 2.34 bits per heavy atom. The lowest BCUT2D eigenvalue weighted by molar-refractivity contribution is -0.144. The van der Waals surface area contributed by atoms with Crippen molar-refractivity contribution in [2.24, 2.45) is 7.05 Å². The molecule has 0 atom stereocenters. The standard InChI is InChI=1S/C17H10ClF6N5O3/c1-28-11(16(19,20)21)5-12(30)29(15(28)32)7-2-3-9(18)10(4-7)26-14(31)8-6-25-27-13(8)17(22,23)24/h2-6H,1H3,(H,25,27)(H,26,31). The molecule has 0 bridgehead atoms. The highest BCUT2D eigenvalue weighted by atomic mass is 35.5. The monoisotopic (exact) mass is 481 g/mol. The molecule has 0 fully saturated rings. The maximum absolute atomic E-state index is 13.0. The van der Waals surface area contributed by atoms with Gasteiger partial charge in [0.2, 0.25) is 0 Å². The molecule has 8 nitrogen and oxygen atoms in total. The van der Waals surface area contributed by atoms with Crippen molar-refractivity contribution in [2.75, 3.05) is 5.32 Å². The van der Waals surface area contributed by atoms with E-state index < -0.39 is 46.5 Å². The smallest absolute Gasteiger partial charge is 0.320 e. The number of aromatic nitrogens is 4. The van der Waals surface area contributed by atoms with Crippen LogP contribution in [-0.2, 0) is 19.4 Å². The Balaban J connectivity index is 2.06. The van der Waals surface area contributed by atoms with Crippen LogP contribution in [0.25, 0.3) is 5.69 Å². The first-order valence-electron chi connectivity index (χ1n) is 8.34. The minimum Gasteiger partial charge on any atom is -0.320 e. The van der Waals surface area contributed by atoms with Crippen molar-refractivity contribution in [3.8, 4) is 5.69 Å². The first-order chi connectivity index (χ1) is 14.7. The number of anilines is 1. The third-order valence-corrected chi connectivity index (χ3v) is 4.56. The molecule has 15 heteroatoms. The number of rotatable bonds is 3. The summed E-state index contributed by atoms with van der Waals surface area (Å²) in [4.78, 5) is 36.9. The molecule has 0 saturated carbocycles. The van der Waals surface area contributed by atoms with Crippen LogP contribution in [-0.4, -0.2) is 25.2 Å². The summed E-state index contributed by atoms with van der Waals surface area (Å²) >= 11 is 5.93. The summed E-state index contributed by atoms with van der Waals surface area (Å²) in [6.45, 7) is 0. The third kappa shape index (κ3) is 4.26. The van der Waals surface area contributed by atoms with Crippen molar-refractivity contribution >= 4 is 23.2 Å². The van der Waals surface area contributed by atoms with Gasteiger partial charge in [0.15, 0.2) is 5.69 Å². The molecule has 2 N–H and O–H groups in total. The molecule has 0 aliphatic rings. The van der Waals surface area contributed by atoms with E-state index in [4.69, 9.17) is 11.6 Å². The van der Waals surface area contributed by atoms with E-state index in [1.807, 2.05) is 0 Å². The lowest BCUT2D eigenvalue weighted by atomic mass is 10.2. The maximum Gasteiger partial charge on any atom is 0.433 e. The fraction of sp³-hybridized carbons (Fsp3) is 0.176. The Morgan fingerprint density at radius 2 is 1.75 bits per heavy atom. The van der Waals surface area contributed by atoms with Crippen LogP contribution in [0, 0.1) is 0 Å². The Hall–Kier alpha value is -3.55. The van der Waals surface area contributed by atoms with Gasteiger partial charge in [-0.3, -0.25) is 19.3 Å². The van der Waals surface area contributed by atoms with Gasteiger partial charge in [0.05, 0.1) is 28.2 Å². The van der Waals surface area contributed by atoms with Crippen molar-refractivity contribution in [1.82, 2.24) is 19.3 Å². The number of aromatic amines is 1. The molecule has 2 heterocycles. The lowest BCUT2D eigenvalue weighted by Gasteiger charge is -2.15. The molecule has 170 valence electrons. The van der Waals surface area contributed by atoms with E-state index in [2.05, 4.69) is 10.4 Å². The van der Waals surface area contributed by atoms with E-state index in [1.165, 1.54) is 0 Å². The van der Waals surface area contributed by atoms with Crippen molar-refractivity contribution in [2.45, 2.75) is 12.4 Å². The van der Waals surface area contributed by atoms with Crippen LogP contribution in [0.1, 0.15) is 21.7 Å². The predicted octanol–water partition coefficient (Wildman–Crippen LogP) is 3.20. The zero-order valence-corrected chi connectivity index (χ0v) is 16.4. The summed E-state index contributed by atoms with van der Waals surface area (Å²) in [7, 11) is 0.803. The largest absolute Gasteiger partial charge is 0.433 e. The quantitative estimate of drug-likeness (QED) is 0.561. The zero-order chi connectivity index (χ0) is 24.0. The number of benzene rings is 1. The number of nitrogens with zero attached hydrogens (tertiary/aromatic N) is 3. The highest BCUT2D eigenvalue weighted by Gasteiger charge is 2.38. The molecule has 1 amide bonds. The minimum atomic E-state index is -4.97. The fourth-order valence-electron chi connectivity index (χ4n) is 2.75. The second kappa shape index (κ2) is 7.85. The minimum absolute atomic E-state index is 0.184. The second-order valence-electron chi connectivity index (χ2n) is 6.32. The van der Waals surface area contributed by atoms with Gasteiger partial charge in [0.25, 0.3) is 11.5 Å². The number of hydrogen-bond acceptors (Lipinski definition) is 4. The average molecular weight is 482 g/mol. The molecule has 0 aliphatic heterocycles. The maximum atomic E-state index is 13.0. The Labute approximate surface area is 178 Å². The van der Waals surface area contributed by atoms with Gasteiger partial charge >= 0.3 is 18.0 Å². The van der Waals surface area contributed by atoms with Crippen LogP contribution >= 0.6 is 11.6 Å². The molecule has 3 rings (SSSR count). The molecule has 0 spiro atoms. The number of nitrogens with one attached hydrogen (secondary N) is 2. The molecule has 0 unspecified atom stereocenters. The van der Waals surface area contributed by atoms with E-state index >= 15 is 0 Å². The van der Waals surface area contributed by atoms with Gasteiger partial charge in [-0.1, -0.05) is 11.6 Å². The Bertz CT molecular complexity index is 1320. The third-order valence-electron chi connectivity index (χ3n) is 4.23. The van der Waals surface area contributed by atoms with E-state index in [0.717, 1.165) is 25.2 Å². The average Bonchev–Trinajstić information content (AvgIpc) is 3.17. The van der Waals surface area contributed by atoms with Gasteiger partial charge in [-0.15, -0.1) is 0 Å². The molecular formula is C17H10ClF6N5O3. The molecule has 0 radical (unpaired) electrons. The highest BCUT2D eigenvalue weighted by Crippen LogP contribution is 2.31. The summed E-state index contributed by atoms with van der Waals surface area (Å²) in [5.74, 6) is -1.27. The normalized spacial score (nSPS) is 12.1. The molecule has 3 aromatic rings. The number of carbonyl (C=O) groups is 1. The van der Waals surface area contributed by atoms with Gasteiger partial charge in [-0.2, -0.15) is 31.4 Å². The fourth-order valence-corrected chi connectivity index (χ4v) is 2.91. The van der Waals surface area contributed by atoms with Crippen LogP contribution in [0.2, 0.25) is 5.02 Å². The Morgan fingerprint density at radius 1 is 1.09 bits per heavy atom. The number of H-pyrrole nitrogens is 1. The Kier molecular flexibility index (Phi) is 5.67. The number of alkyl halides is 6. The summed E-state index contributed by atoms with van der Waals surface area (Å²) in [5.41, 5.74) is -7.03. The second-order valence-corrected chi connectivity index (χ2v) is 6.72. The summed E-state index contributed by atoms with van der Waals surface area (Å²) in [6.07, 6.45) is -9.24. The van der Waals surface area contributed by atoms with E-state index in [1.54, 1.807) is 5.10 Å². The highest BCUT2D eigenvalue weighted by molar-refractivity contribution is 6.34. The van der Waals surface area contributed by atoms with Crippen molar-refractivity contribution in [3.05, 3.63) is 73.3 Å². The van der Waals surface area contributed by atoms with E-state index in [9.17, 15) is 40.7 Å². The number of amides is 1.